The molecule has 136 valence electrons. The van der Waals surface area contributed by atoms with Crippen molar-refractivity contribution in [3.63, 3.8) is 0 Å². The zero-order valence-corrected chi connectivity index (χ0v) is 14.5. The van der Waals surface area contributed by atoms with Crippen molar-refractivity contribution in [2.75, 3.05) is 25.0 Å². The highest BCUT2D eigenvalue weighted by molar-refractivity contribution is 5.94. The maximum atomic E-state index is 12.8. The lowest BCUT2D eigenvalue weighted by molar-refractivity contribution is -0.119. The van der Waals surface area contributed by atoms with Gasteiger partial charge in [0.2, 0.25) is 5.91 Å². The summed E-state index contributed by atoms with van der Waals surface area (Å²) >= 11 is 0. The van der Waals surface area contributed by atoms with Gasteiger partial charge in [0.05, 0.1) is 6.54 Å². The minimum atomic E-state index is -0.298. The predicted octanol–water partition coefficient (Wildman–Crippen LogP) is 2.79. The number of halogens is 1. The highest BCUT2D eigenvalue weighted by Gasteiger charge is 2.19. The number of benzene rings is 2. The molecule has 2 aromatic rings. The molecule has 1 aliphatic rings. The Morgan fingerprint density at radius 1 is 0.962 bits per heavy atom. The van der Waals surface area contributed by atoms with Crippen molar-refractivity contribution in [2.45, 2.75) is 19.4 Å². The molecule has 0 atom stereocenters. The maximum absolute atomic E-state index is 12.8. The first kappa shape index (κ1) is 17.9. The molecule has 1 saturated heterocycles. The average molecular weight is 355 g/mol. The minimum absolute atomic E-state index is 0.0612. The highest BCUT2D eigenvalue weighted by atomic mass is 19.1. The number of rotatable bonds is 6. The van der Waals surface area contributed by atoms with Crippen molar-refractivity contribution < 1.29 is 14.0 Å². The summed E-state index contributed by atoms with van der Waals surface area (Å²) in [6, 6.07) is 13.2. The van der Waals surface area contributed by atoms with Gasteiger partial charge in [-0.25, -0.2) is 4.39 Å². The number of hydrogen-bond donors (Lipinski definition) is 2. The summed E-state index contributed by atoms with van der Waals surface area (Å²) < 4.78 is 12.8. The lowest BCUT2D eigenvalue weighted by atomic mass is 10.2. The Morgan fingerprint density at radius 3 is 2.27 bits per heavy atom. The van der Waals surface area contributed by atoms with Gasteiger partial charge in [-0.05, 0) is 54.8 Å². The molecule has 0 bridgehead atoms. The molecule has 5 nitrogen and oxygen atoms in total. The van der Waals surface area contributed by atoms with Crippen LogP contribution in [0.2, 0.25) is 0 Å². The van der Waals surface area contributed by atoms with E-state index in [9.17, 15) is 14.0 Å². The third-order valence-electron chi connectivity index (χ3n) is 4.38. The average Bonchev–Trinajstić information content (AvgIpc) is 3.20. The Kier molecular flexibility index (Phi) is 5.84. The fraction of sp³-hybridized carbons (Fsp3) is 0.300. The Morgan fingerprint density at radius 2 is 1.62 bits per heavy atom. The van der Waals surface area contributed by atoms with E-state index in [1.54, 1.807) is 36.4 Å². The van der Waals surface area contributed by atoms with Crippen LogP contribution in [0.25, 0.3) is 0 Å². The SMILES string of the molecule is O=C(CNc1ccc(C(=O)N2CCCC2)cc1)NCc1ccc(F)cc1. The second kappa shape index (κ2) is 8.47. The molecule has 2 N–H and O–H groups in total. The van der Waals surface area contributed by atoms with Gasteiger partial charge in [-0.3, -0.25) is 9.59 Å². The van der Waals surface area contributed by atoms with E-state index in [0.29, 0.717) is 12.1 Å². The first-order valence-electron chi connectivity index (χ1n) is 8.76. The molecule has 0 unspecified atom stereocenters. The van der Waals surface area contributed by atoms with Crippen molar-refractivity contribution in [1.82, 2.24) is 10.2 Å². The fourth-order valence-corrected chi connectivity index (χ4v) is 2.88. The number of hydrogen-bond acceptors (Lipinski definition) is 3. The number of nitrogens with one attached hydrogen (secondary N) is 2. The molecule has 2 amide bonds. The Balaban J connectivity index is 1.44. The molecule has 6 heteroatoms. The van der Waals surface area contributed by atoms with Crippen molar-refractivity contribution >= 4 is 17.5 Å². The van der Waals surface area contributed by atoms with Gasteiger partial charge in [0.15, 0.2) is 0 Å². The van der Waals surface area contributed by atoms with Crippen LogP contribution in [0.3, 0.4) is 0 Å². The standard InChI is InChI=1S/C20H22FN3O2/c21-17-7-3-15(4-8-17)13-23-19(25)14-22-18-9-5-16(6-10-18)20(26)24-11-1-2-12-24/h3-10,22H,1-2,11-14H2,(H,23,25). The van der Waals surface area contributed by atoms with Gasteiger partial charge < -0.3 is 15.5 Å². The zero-order valence-electron chi connectivity index (χ0n) is 14.5. The molecule has 1 heterocycles. The van der Waals surface area contributed by atoms with Gasteiger partial charge in [-0.2, -0.15) is 0 Å². The Labute approximate surface area is 152 Å². The van der Waals surface area contributed by atoms with Gasteiger partial charge in [0, 0.05) is 30.9 Å². The van der Waals surface area contributed by atoms with Crippen molar-refractivity contribution in [1.29, 1.82) is 0 Å². The number of carbonyl (C=O) groups is 2. The summed E-state index contributed by atoms with van der Waals surface area (Å²) in [5.41, 5.74) is 2.28. The smallest absolute Gasteiger partial charge is 0.253 e. The lowest BCUT2D eigenvalue weighted by Gasteiger charge is -2.15. The Bertz CT molecular complexity index is 754. The van der Waals surface area contributed by atoms with Gasteiger partial charge in [0.25, 0.3) is 5.91 Å². The van der Waals surface area contributed by atoms with Crippen molar-refractivity contribution in [2.24, 2.45) is 0 Å². The predicted molar refractivity (Wildman–Crippen MR) is 98.3 cm³/mol. The van der Waals surface area contributed by atoms with Crippen LogP contribution in [0.4, 0.5) is 10.1 Å². The molecule has 26 heavy (non-hydrogen) atoms. The zero-order chi connectivity index (χ0) is 18.4. The summed E-state index contributed by atoms with van der Waals surface area (Å²) in [6.07, 6.45) is 2.14. The molecule has 0 radical (unpaired) electrons. The molecule has 0 spiro atoms. The maximum Gasteiger partial charge on any atom is 0.253 e. The number of anilines is 1. The van der Waals surface area contributed by atoms with E-state index in [1.807, 2.05) is 4.90 Å². The molecule has 0 aromatic heterocycles. The Hall–Kier alpha value is -2.89. The monoisotopic (exact) mass is 355 g/mol. The van der Waals surface area contributed by atoms with Crippen molar-refractivity contribution in [3.05, 3.63) is 65.5 Å². The van der Waals surface area contributed by atoms with Crippen LogP contribution in [0, 0.1) is 5.82 Å². The van der Waals surface area contributed by atoms with E-state index in [-0.39, 0.29) is 24.2 Å². The van der Waals surface area contributed by atoms with Crippen LogP contribution in [-0.4, -0.2) is 36.3 Å². The second-order valence-corrected chi connectivity index (χ2v) is 6.33. The normalized spacial score (nSPS) is 13.5. The number of nitrogens with zero attached hydrogens (tertiary/aromatic N) is 1. The molecular weight excluding hydrogens is 333 g/mol. The van der Waals surface area contributed by atoms with Gasteiger partial charge in [0.1, 0.15) is 5.82 Å². The van der Waals surface area contributed by atoms with Crippen LogP contribution < -0.4 is 10.6 Å². The van der Waals surface area contributed by atoms with Crippen LogP contribution in [-0.2, 0) is 11.3 Å². The van der Waals surface area contributed by atoms with Crippen LogP contribution in [0.1, 0.15) is 28.8 Å². The van der Waals surface area contributed by atoms with Crippen LogP contribution >= 0.6 is 0 Å². The second-order valence-electron chi connectivity index (χ2n) is 6.33. The molecule has 2 aromatic carbocycles. The molecule has 1 aliphatic heterocycles. The van der Waals surface area contributed by atoms with E-state index < -0.39 is 0 Å². The van der Waals surface area contributed by atoms with Crippen LogP contribution in [0.15, 0.2) is 48.5 Å². The van der Waals surface area contributed by atoms with E-state index in [4.69, 9.17) is 0 Å². The number of carbonyl (C=O) groups excluding carboxylic acids is 2. The highest BCUT2D eigenvalue weighted by Crippen LogP contribution is 2.15. The van der Waals surface area contributed by atoms with E-state index in [1.165, 1.54) is 12.1 Å². The van der Waals surface area contributed by atoms with Gasteiger partial charge >= 0.3 is 0 Å². The van der Waals surface area contributed by atoms with Gasteiger partial charge in [-0.1, -0.05) is 12.1 Å². The topological polar surface area (TPSA) is 61.4 Å². The summed E-state index contributed by atoms with van der Waals surface area (Å²) in [7, 11) is 0. The molecule has 0 saturated carbocycles. The first-order valence-corrected chi connectivity index (χ1v) is 8.76. The quantitative estimate of drug-likeness (QED) is 0.838. The number of amides is 2. The van der Waals surface area contributed by atoms with Gasteiger partial charge in [-0.15, -0.1) is 0 Å². The summed E-state index contributed by atoms with van der Waals surface area (Å²) in [6.45, 7) is 2.13. The van der Waals surface area contributed by atoms with Crippen molar-refractivity contribution in [3.8, 4) is 0 Å². The molecule has 1 fully saturated rings. The molecule has 3 rings (SSSR count). The summed E-state index contributed by atoms with van der Waals surface area (Å²) in [5, 5.41) is 5.80. The van der Waals surface area contributed by atoms with E-state index >= 15 is 0 Å². The lowest BCUT2D eigenvalue weighted by Crippen LogP contribution is -2.29. The largest absolute Gasteiger partial charge is 0.376 e. The fourth-order valence-electron chi connectivity index (χ4n) is 2.88. The first-order chi connectivity index (χ1) is 12.6. The van der Waals surface area contributed by atoms with E-state index in [0.717, 1.165) is 37.2 Å². The third-order valence-corrected chi connectivity index (χ3v) is 4.38. The third kappa shape index (κ3) is 4.81. The van der Waals surface area contributed by atoms with Crippen LogP contribution in [0.5, 0.6) is 0 Å². The number of likely N-dealkylation sites (tertiary alicyclic amines) is 1. The summed E-state index contributed by atoms with van der Waals surface area (Å²) in [4.78, 5) is 26.0. The molecular formula is C20H22FN3O2. The molecule has 0 aliphatic carbocycles. The van der Waals surface area contributed by atoms with E-state index in [2.05, 4.69) is 10.6 Å². The summed E-state index contributed by atoms with van der Waals surface area (Å²) in [5.74, 6) is -0.397. The minimum Gasteiger partial charge on any atom is -0.376 e.